The van der Waals surface area contributed by atoms with Crippen molar-refractivity contribution in [2.75, 3.05) is 6.61 Å². The van der Waals surface area contributed by atoms with Crippen LogP contribution < -0.4 is 10.6 Å². The number of aliphatic imine (C=N–C) groups is 1. The monoisotopic (exact) mass is 442 g/mol. The molecule has 0 saturated heterocycles. The van der Waals surface area contributed by atoms with Crippen molar-refractivity contribution < 1.29 is 4.74 Å². The highest BCUT2D eigenvalue weighted by Crippen LogP contribution is 2.45. The molecule has 0 bridgehead atoms. The van der Waals surface area contributed by atoms with E-state index in [0.717, 1.165) is 18.9 Å². The number of benzene rings is 3. The van der Waals surface area contributed by atoms with Gasteiger partial charge in [0, 0.05) is 14.6 Å². The van der Waals surface area contributed by atoms with Crippen LogP contribution in [0.4, 0.5) is 0 Å². The van der Waals surface area contributed by atoms with Gasteiger partial charge in [-0.05, 0) is 33.6 Å². The first kappa shape index (κ1) is 21.4. The van der Waals surface area contributed by atoms with Gasteiger partial charge >= 0.3 is 0 Å². The van der Waals surface area contributed by atoms with Crippen molar-refractivity contribution in [2.45, 2.75) is 45.8 Å². The quantitative estimate of drug-likeness (QED) is 0.512. The molecule has 0 radical (unpaired) electrons. The van der Waals surface area contributed by atoms with E-state index in [1.54, 1.807) is 0 Å². The lowest BCUT2D eigenvalue weighted by Crippen LogP contribution is -2.45. The zero-order valence-electron chi connectivity index (χ0n) is 19.1. The van der Waals surface area contributed by atoms with Crippen LogP contribution in [-0.4, -0.2) is 29.3 Å². The average Bonchev–Trinajstić information content (AvgIpc) is 3.31. The zero-order valence-corrected chi connectivity index (χ0v) is 20.0. The van der Waals surface area contributed by atoms with Crippen molar-refractivity contribution in [2.24, 2.45) is 10.4 Å². The van der Waals surface area contributed by atoms with Gasteiger partial charge < -0.3 is 4.74 Å². The molecule has 2 aliphatic rings. The zero-order chi connectivity index (χ0) is 22.1. The summed E-state index contributed by atoms with van der Waals surface area (Å²) in [5.74, 6) is 0.916. The van der Waals surface area contributed by atoms with E-state index in [0.29, 0.717) is 6.61 Å². The molecule has 2 aliphatic heterocycles. The van der Waals surface area contributed by atoms with Crippen molar-refractivity contribution >= 4 is 24.6 Å². The summed E-state index contributed by atoms with van der Waals surface area (Å²) >= 11 is 0. The first-order chi connectivity index (χ1) is 15.5. The molecule has 3 aromatic rings. The second-order valence-corrected chi connectivity index (χ2v) is 11.9. The number of fused-ring (bicyclic) bond motifs is 1. The topological polar surface area (TPSA) is 24.8 Å². The van der Waals surface area contributed by atoms with Gasteiger partial charge in [-0.1, -0.05) is 106 Å². The Labute approximate surface area is 193 Å². The van der Waals surface area contributed by atoms with E-state index in [2.05, 4.69) is 110 Å². The standard InChI is InChI=1S/C28H31N2OP/c1-28(2,3)26-20-31-27(29-26)25-18-21-12-10-11-13-22(21)19-30(25)32(23-14-6-4-7-15-23)24-16-8-5-9-17-24/h4-17,25-26H,18-20H2,1-3H3/t25-,26+/m1/s1. The Morgan fingerprint density at radius 3 is 1.94 bits per heavy atom. The second-order valence-electron chi connectivity index (χ2n) is 9.73. The van der Waals surface area contributed by atoms with Gasteiger partial charge in [-0.25, -0.2) is 4.99 Å². The minimum atomic E-state index is -0.719. The first-order valence-electron chi connectivity index (χ1n) is 11.4. The lowest BCUT2D eigenvalue weighted by atomic mass is 9.88. The Bertz CT molecular complexity index is 1050. The molecular weight excluding hydrogens is 411 g/mol. The molecule has 164 valence electrons. The fourth-order valence-electron chi connectivity index (χ4n) is 4.54. The van der Waals surface area contributed by atoms with Crippen LogP contribution in [0.3, 0.4) is 0 Å². The first-order valence-corrected chi connectivity index (χ1v) is 12.7. The summed E-state index contributed by atoms with van der Waals surface area (Å²) in [7, 11) is -0.719. The Hall–Kier alpha value is -2.48. The smallest absolute Gasteiger partial charge is 0.202 e. The molecule has 2 heterocycles. The molecule has 0 spiro atoms. The van der Waals surface area contributed by atoms with E-state index in [4.69, 9.17) is 9.73 Å². The molecule has 32 heavy (non-hydrogen) atoms. The predicted octanol–water partition coefficient (Wildman–Crippen LogP) is 5.30. The Morgan fingerprint density at radius 2 is 1.38 bits per heavy atom. The predicted molar refractivity (Wildman–Crippen MR) is 135 cm³/mol. The van der Waals surface area contributed by atoms with Crippen LogP contribution in [0.15, 0.2) is 89.9 Å². The molecule has 0 aromatic heterocycles. The molecule has 0 fully saturated rings. The number of hydrogen-bond acceptors (Lipinski definition) is 3. The molecule has 0 saturated carbocycles. The second kappa shape index (κ2) is 8.81. The summed E-state index contributed by atoms with van der Waals surface area (Å²) in [4.78, 5) is 5.14. The molecule has 0 amide bonds. The van der Waals surface area contributed by atoms with E-state index in [1.807, 2.05) is 0 Å². The Kier molecular flexibility index (Phi) is 5.88. The van der Waals surface area contributed by atoms with Crippen LogP contribution in [0, 0.1) is 5.41 Å². The maximum Gasteiger partial charge on any atom is 0.202 e. The van der Waals surface area contributed by atoms with Crippen LogP contribution >= 0.6 is 8.07 Å². The van der Waals surface area contributed by atoms with Crippen LogP contribution in [0.5, 0.6) is 0 Å². The van der Waals surface area contributed by atoms with Gasteiger partial charge in [0.1, 0.15) is 6.61 Å². The average molecular weight is 443 g/mol. The van der Waals surface area contributed by atoms with Crippen LogP contribution in [0.2, 0.25) is 0 Å². The van der Waals surface area contributed by atoms with E-state index < -0.39 is 8.07 Å². The molecule has 0 aliphatic carbocycles. The fourth-order valence-corrected chi connectivity index (χ4v) is 7.09. The van der Waals surface area contributed by atoms with Gasteiger partial charge in [0.2, 0.25) is 5.90 Å². The van der Waals surface area contributed by atoms with Gasteiger partial charge in [-0.2, -0.15) is 0 Å². The molecule has 5 rings (SSSR count). The van der Waals surface area contributed by atoms with Gasteiger partial charge in [0.25, 0.3) is 0 Å². The number of nitrogens with zero attached hydrogens (tertiary/aromatic N) is 2. The normalized spacial score (nSPS) is 21.2. The fraction of sp³-hybridized carbons (Fsp3) is 0.321. The minimum absolute atomic E-state index is 0.0999. The lowest BCUT2D eigenvalue weighted by molar-refractivity contribution is 0.222. The molecule has 2 atom stereocenters. The van der Waals surface area contributed by atoms with Crippen LogP contribution in [0.1, 0.15) is 31.9 Å². The maximum absolute atomic E-state index is 6.32. The van der Waals surface area contributed by atoms with E-state index >= 15 is 0 Å². The summed E-state index contributed by atoms with van der Waals surface area (Å²) in [5.41, 5.74) is 2.92. The highest BCUT2D eigenvalue weighted by molar-refractivity contribution is 7.70. The summed E-state index contributed by atoms with van der Waals surface area (Å²) in [5, 5.41) is 2.73. The van der Waals surface area contributed by atoms with Crippen LogP contribution in [-0.2, 0) is 17.7 Å². The Morgan fingerprint density at radius 1 is 0.812 bits per heavy atom. The van der Waals surface area contributed by atoms with Crippen LogP contribution in [0.25, 0.3) is 0 Å². The van der Waals surface area contributed by atoms with E-state index in [1.165, 1.54) is 21.7 Å². The highest BCUT2D eigenvalue weighted by Gasteiger charge is 2.40. The highest BCUT2D eigenvalue weighted by atomic mass is 31.1. The van der Waals surface area contributed by atoms with Gasteiger partial charge in [0.05, 0.1) is 12.1 Å². The SMILES string of the molecule is CC(C)(C)[C@@H]1COC([C@H]2Cc3ccccc3CN2P(c2ccccc2)c2ccccc2)=N1. The minimum Gasteiger partial charge on any atom is -0.478 e. The van der Waals surface area contributed by atoms with E-state index in [9.17, 15) is 0 Å². The summed E-state index contributed by atoms with van der Waals surface area (Å²) in [6.07, 6.45) is 0.935. The number of ether oxygens (including phenoxy) is 1. The third kappa shape index (κ3) is 4.25. The van der Waals surface area contributed by atoms with E-state index in [-0.39, 0.29) is 17.5 Å². The van der Waals surface area contributed by atoms with Crippen molar-refractivity contribution in [1.29, 1.82) is 0 Å². The summed E-state index contributed by atoms with van der Waals surface area (Å²) in [6.45, 7) is 8.34. The third-order valence-electron chi connectivity index (χ3n) is 6.44. The molecule has 3 nitrogen and oxygen atoms in total. The largest absolute Gasteiger partial charge is 0.478 e. The summed E-state index contributed by atoms with van der Waals surface area (Å²) < 4.78 is 8.98. The van der Waals surface area contributed by atoms with Crippen molar-refractivity contribution in [3.8, 4) is 0 Å². The third-order valence-corrected chi connectivity index (χ3v) is 8.95. The number of rotatable bonds is 4. The van der Waals surface area contributed by atoms with Gasteiger partial charge in [-0.3, -0.25) is 4.67 Å². The number of hydrogen-bond donors (Lipinski definition) is 0. The molecule has 4 heteroatoms. The van der Waals surface area contributed by atoms with Crippen molar-refractivity contribution in [3.63, 3.8) is 0 Å². The van der Waals surface area contributed by atoms with Gasteiger partial charge in [0.15, 0.2) is 0 Å². The maximum atomic E-state index is 6.32. The molecule has 3 aromatic carbocycles. The molecule has 0 N–H and O–H groups in total. The van der Waals surface area contributed by atoms with Crippen molar-refractivity contribution in [3.05, 3.63) is 96.1 Å². The summed E-state index contributed by atoms with van der Waals surface area (Å²) in [6, 6.07) is 31.1. The lowest BCUT2D eigenvalue weighted by Gasteiger charge is -2.41. The molecular formula is C28H31N2OP. The van der Waals surface area contributed by atoms with Gasteiger partial charge in [-0.15, -0.1) is 0 Å². The molecule has 0 unspecified atom stereocenters. The Balaban J connectivity index is 1.61. The van der Waals surface area contributed by atoms with Crippen molar-refractivity contribution in [1.82, 2.24) is 4.67 Å².